The summed E-state index contributed by atoms with van der Waals surface area (Å²) in [6, 6.07) is 67.7. The van der Waals surface area contributed by atoms with Crippen molar-refractivity contribution in [1.29, 1.82) is 0 Å². The van der Waals surface area contributed by atoms with Gasteiger partial charge in [-0.15, -0.1) is 0 Å². The molecule has 0 bridgehead atoms. The lowest BCUT2D eigenvalue weighted by Gasteiger charge is -2.26. The van der Waals surface area contributed by atoms with Crippen LogP contribution in [0.25, 0.3) is 77.9 Å². The summed E-state index contributed by atoms with van der Waals surface area (Å²) in [5.74, 6) is 0.599. The SMILES string of the molecule is c1ccc(-c2ccc(N(c3ccc(-c4cccc5oc6cc7oc(-c8ccccc8)nc7cc6c45)cc3)c3cccc(-c4ccccc4)c3)cc2)cc1. The summed E-state index contributed by atoms with van der Waals surface area (Å²) in [5.41, 5.74) is 14.2. The first-order valence-corrected chi connectivity index (χ1v) is 17.8. The topological polar surface area (TPSA) is 42.4 Å². The molecule has 8 aromatic carbocycles. The molecule has 0 saturated heterocycles. The Morgan fingerprint density at radius 2 is 0.925 bits per heavy atom. The van der Waals surface area contributed by atoms with E-state index in [1.54, 1.807) is 0 Å². The Kier molecular flexibility index (Phi) is 7.43. The second-order valence-electron chi connectivity index (χ2n) is 13.2. The van der Waals surface area contributed by atoms with E-state index in [2.05, 4.69) is 157 Å². The first kappa shape index (κ1) is 30.6. The molecule has 0 aliphatic carbocycles. The number of hydrogen-bond donors (Lipinski definition) is 0. The minimum absolute atomic E-state index is 0.599. The molecule has 0 radical (unpaired) electrons. The van der Waals surface area contributed by atoms with Crippen LogP contribution in [0.2, 0.25) is 0 Å². The number of nitrogens with zero attached hydrogens (tertiary/aromatic N) is 2. The summed E-state index contributed by atoms with van der Waals surface area (Å²) >= 11 is 0. The fraction of sp³-hybridized carbons (Fsp3) is 0. The quantitative estimate of drug-likeness (QED) is 0.168. The molecule has 0 aliphatic heterocycles. The van der Waals surface area contributed by atoms with Crippen molar-refractivity contribution in [1.82, 2.24) is 4.98 Å². The zero-order valence-electron chi connectivity index (χ0n) is 28.7. The smallest absolute Gasteiger partial charge is 0.227 e. The van der Waals surface area contributed by atoms with Crippen LogP contribution >= 0.6 is 0 Å². The Hall–Kier alpha value is -7.17. The fourth-order valence-corrected chi connectivity index (χ4v) is 7.32. The van der Waals surface area contributed by atoms with Gasteiger partial charge in [0.15, 0.2) is 5.58 Å². The maximum atomic E-state index is 6.41. The highest BCUT2D eigenvalue weighted by Gasteiger charge is 2.18. The molecule has 0 aliphatic rings. The van der Waals surface area contributed by atoms with Gasteiger partial charge < -0.3 is 13.7 Å². The minimum Gasteiger partial charge on any atom is -0.456 e. The Bertz CT molecular complexity index is 2860. The molecule has 0 N–H and O–H groups in total. The zero-order chi connectivity index (χ0) is 35.1. The van der Waals surface area contributed by atoms with E-state index in [0.717, 1.165) is 61.2 Å². The average molecular weight is 681 g/mol. The number of anilines is 3. The number of benzene rings is 8. The molecule has 250 valence electrons. The van der Waals surface area contributed by atoms with Crippen molar-refractivity contribution in [2.24, 2.45) is 0 Å². The summed E-state index contributed by atoms with van der Waals surface area (Å²) in [6.07, 6.45) is 0. The van der Waals surface area contributed by atoms with Crippen LogP contribution in [0.15, 0.2) is 203 Å². The van der Waals surface area contributed by atoms with E-state index in [1.807, 2.05) is 42.5 Å². The van der Waals surface area contributed by atoms with E-state index >= 15 is 0 Å². The maximum Gasteiger partial charge on any atom is 0.227 e. The molecule has 4 heteroatoms. The van der Waals surface area contributed by atoms with Crippen molar-refractivity contribution in [2.75, 3.05) is 4.90 Å². The molecule has 2 heterocycles. The van der Waals surface area contributed by atoms with Crippen molar-refractivity contribution in [3.05, 3.63) is 194 Å². The Balaban J connectivity index is 1.06. The number of fused-ring (bicyclic) bond motifs is 4. The molecule has 10 aromatic rings. The predicted molar refractivity (Wildman–Crippen MR) is 218 cm³/mol. The first-order chi connectivity index (χ1) is 26.2. The number of rotatable bonds is 7. The zero-order valence-corrected chi connectivity index (χ0v) is 28.7. The molecule has 10 rings (SSSR count). The predicted octanol–water partition coefficient (Wildman–Crippen LogP) is 13.9. The lowest BCUT2D eigenvalue weighted by atomic mass is 9.98. The molecule has 0 fully saturated rings. The third kappa shape index (κ3) is 5.63. The van der Waals surface area contributed by atoms with Crippen LogP contribution in [0.4, 0.5) is 17.1 Å². The van der Waals surface area contributed by atoms with Crippen molar-refractivity contribution in [3.63, 3.8) is 0 Å². The number of hydrogen-bond acceptors (Lipinski definition) is 4. The third-order valence-electron chi connectivity index (χ3n) is 9.91. The second-order valence-corrected chi connectivity index (χ2v) is 13.2. The molecular formula is C49H32N2O2. The summed E-state index contributed by atoms with van der Waals surface area (Å²) in [6.45, 7) is 0. The van der Waals surface area contributed by atoms with Crippen LogP contribution in [-0.2, 0) is 0 Å². The Morgan fingerprint density at radius 1 is 0.358 bits per heavy atom. The van der Waals surface area contributed by atoms with Gasteiger partial charge >= 0.3 is 0 Å². The van der Waals surface area contributed by atoms with Gasteiger partial charge in [0.1, 0.15) is 16.7 Å². The number of aromatic nitrogens is 1. The molecule has 0 unspecified atom stereocenters. The van der Waals surface area contributed by atoms with Gasteiger partial charge in [-0.05, 0) is 94.0 Å². The van der Waals surface area contributed by atoms with Gasteiger partial charge in [-0.25, -0.2) is 4.98 Å². The van der Waals surface area contributed by atoms with Gasteiger partial charge in [-0.2, -0.15) is 0 Å². The van der Waals surface area contributed by atoms with Gasteiger partial charge in [-0.3, -0.25) is 0 Å². The normalized spacial score (nSPS) is 11.4. The molecule has 0 spiro atoms. The van der Waals surface area contributed by atoms with Gasteiger partial charge in [0, 0.05) is 39.5 Å². The first-order valence-electron chi connectivity index (χ1n) is 17.8. The van der Waals surface area contributed by atoms with Crippen LogP contribution in [-0.4, -0.2) is 4.98 Å². The van der Waals surface area contributed by atoms with Gasteiger partial charge in [0.25, 0.3) is 0 Å². The van der Waals surface area contributed by atoms with Crippen LogP contribution < -0.4 is 4.90 Å². The highest BCUT2D eigenvalue weighted by molar-refractivity contribution is 6.15. The van der Waals surface area contributed by atoms with E-state index in [4.69, 9.17) is 13.8 Å². The van der Waals surface area contributed by atoms with Crippen molar-refractivity contribution < 1.29 is 8.83 Å². The van der Waals surface area contributed by atoms with Crippen molar-refractivity contribution in [3.8, 4) is 44.8 Å². The lowest BCUT2D eigenvalue weighted by molar-refractivity contribution is 0.617. The molecule has 0 amide bonds. The van der Waals surface area contributed by atoms with Crippen LogP contribution in [0.3, 0.4) is 0 Å². The van der Waals surface area contributed by atoms with E-state index in [9.17, 15) is 0 Å². The standard InChI is InChI=1S/C49H32N2O2/c1-4-12-33(13-5-1)35-22-26-39(27-23-35)51(41-19-10-18-38(30-41)34-14-6-2-7-15-34)40-28-24-36(25-29-40)42-20-11-21-45-48(42)43-31-44-47(32-46(43)52-45)53-49(50-44)37-16-8-3-9-17-37/h1-32H. The van der Waals surface area contributed by atoms with E-state index < -0.39 is 0 Å². The van der Waals surface area contributed by atoms with E-state index in [0.29, 0.717) is 11.5 Å². The van der Waals surface area contributed by atoms with Gasteiger partial charge in [0.05, 0.1) is 0 Å². The maximum absolute atomic E-state index is 6.41. The number of oxazole rings is 1. The van der Waals surface area contributed by atoms with Crippen LogP contribution in [0.1, 0.15) is 0 Å². The summed E-state index contributed by atoms with van der Waals surface area (Å²) in [7, 11) is 0. The van der Waals surface area contributed by atoms with Crippen LogP contribution in [0.5, 0.6) is 0 Å². The van der Waals surface area contributed by atoms with E-state index in [-0.39, 0.29) is 0 Å². The van der Waals surface area contributed by atoms with Crippen molar-refractivity contribution in [2.45, 2.75) is 0 Å². The monoisotopic (exact) mass is 680 g/mol. The molecule has 0 saturated carbocycles. The van der Waals surface area contributed by atoms with Gasteiger partial charge in [-0.1, -0.05) is 127 Å². The van der Waals surface area contributed by atoms with Gasteiger partial charge in [0.2, 0.25) is 5.89 Å². The Labute approximate surface area is 306 Å². The third-order valence-corrected chi connectivity index (χ3v) is 9.91. The summed E-state index contributed by atoms with van der Waals surface area (Å²) in [4.78, 5) is 7.17. The van der Waals surface area contributed by atoms with Crippen molar-refractivity contribution >= 4 is 50.1 Å². The van der Waals surface area contributed by atoms with Crippen LogP contribution in [0, 0.1) is 0 Å². The summed E-state index contributed by atoms with van der Waals surface area (Å²) in [5, 5.41) is 2.07. The second kappa shape index (κ2) is 12.9. The summed E-state index contributed by atoms with van der Waals surface area (Å²) < 4.78 is 12.6. The highest BCUT2D eigenvalue weighted by Crippen LogP contribution is 2.42. The molecule has 0 atom stereocenters. The average Bonchev–Trinajstić information content (AvgIpc) is 3.82. The molecular weight excluding hydrogens is 649 g/mol. The fourth-order valence-electron chi connectivity index (χ4n) is 7.32. The Morgan fingerprint density at radius 3 is 1.60 bits per heavy atom. The molecule has 53 heavy (non-hydrogen) atoms. The lowest BCUT2D eigenvalue weighted by Crippen LogP contribution is -2.10. The van der Waals surface area contributed by atoms with E-state index in [1.165, 1.54) is 22.3 Å². The minimum atomic E-state index is 0.599. The molecule has 4 nitrogen and oxygen atoms in total. The molecule has 2 aromatic heterocycles. The largest absolute Gasteiger partial charge is 0.456 e. The highest BCUT2D eigenvalue weighted by atomic mass is 16.4. The number of furan rings is 1.